The zero-order valence-electron chi connectivity index (χ0n) is 13.9. The van der Waals surface area contributed by atoms with Gasteiger partial charge in [0.25, 0.3) is 11.6 Å². The SMILES string of the molecule is Cc1nc2nc(C(F)(F)F)nn2c(C)c1CCC(=O)NCCCN.Cl. The van der Waals surface area contributed by atoms with E-state index >= 15 is 0 Å². The van der Waals surface area contributed by atoms with E-state index in [9.17, 15) is 18.0 Å². The predicted octanol–water partition coefficient (Wildman–Crippen LogP) is 1.58. The number of nitrogens with zero attached hydrogens (tertiary/aromatic N) is 4. The molecule has 0 unspecified atom stereocenters. The van der Waals surface area contributed by atoms with Crippen molar-refractivity contribution in [3.8, 4) is 0 Å². The molecule has 0 aliphatic carbocycles. The van der Waals surface area contributed by atoms with Crippen LogP contribution in [-0.4, -0.2) is 38.6 Å². The number of carbonyl (C=O) groups excluding carboxylic acids is 1. The molecule has 0 aliphatic rings. The van der Waals surface area contributed by atoms with E-state index in [1.807, 2.05) is 0 Å². The Balaban J connectivity index is 0.00000312. The van der Waals surface area contributed by atoms with Gasteiger partial charge >= 0.3 is 6.18 Å². The average Bonchev–Trinajstić information content (AvgIpc) is 2.91. The van der Waals surface area contributed by atoms with E-state index < -0.39 is 12.0 Å². The molecule has 0 atom stereocenters. The third-order valence-corrected chi connectivity index (χ3v) is 3.61. The molecule has 2 aromatic rings. The van der Waals surface area contributed by atoms with E-state index in [4.69, 9.17) is 5.73 Å². The number of hydrogen-bond donors (Lipinski definition) is 2. The monoisotopic (exact) mass is 380 g/mol. The molecule has 25 heavy (non-hydrogen) atoms. The van der Waals surface area contributed by atoms with E-state index in [1.165, 1.54) is 0 Å². The molecule has 0 fully saturated rings. The molecule has 140 valence electrons. The van der Waals surface area contributed by atoms with Gasteiger partial charge in [0.05, 0.1) is 0 Å². The van der Waals surface area contributed by atoms with Crippen molar-refractivity contribution in [1.29, 1.82) is 0 Å². The summed E-state index contributed by atoms with van der Waals surface area (Å²) in [6.45, 7) is 4.31. The number of hydrogen-bond acceptors (Lipinski definition) is 5. The van der Waals surface area contributed by atoms with Gasteiger partial charge < -0.3 is 11.1 Å². The number of amides is 1. The molecule has 0 saturated carbocycles. The summed E-state index contributed by atoms with van der Waals surface area (Å²) in [6, 6.07) is 0. The van der Waals surface area contributed by atoms with Crippen LogP contribution in [0.4, 0.5) is 13.2 Å². The van der Waals surface area contributed by atoms with Crippen molar-refractivity contribution in [2.45, 2.75) is 39.3 Å². The number of aromatic nitrogens is 4. The summed E-state index contributed by atoms with van der Waals surface area (Å²) in [6.07, 6.45) is -3.37. The smallest absolute Gasteiger partial charge is 0.356 e. The topological polar surface area (TPSA) is 98.2 Å². The summed E-state index contributed by atoms with van der Waals surface area (Å²) < 4.78 is 39.3. The molecule has 1 amide bonds. The van der Waals surface area contributed by atoms with Gasteiger partial charge in [-0.05, 0) is 38.8 Å². The fraction of sp³-hybridized carbons (Fsp3) is 0.571. The molecule has 0 aliphatic heterocycles. The number of carbonyl (C=O) groups is 1. The quantitative estimate of drug-likeness (QED) is 0.741. The lowest BCUT2D eigenvalue weighted by molar-refractivity contribution is -0.144. The molecule has 0 radical (unpaired) electrons. The molecule has 11 heteroatoms. The number of nitrogens with one attached hydrogen (secondary N) is 1. The van der Waals surface area contributed by atoms with Crippen molar-refractivity contribution >= 4 is 24.1 Å². The number of rotatable bonds is 6. The largest absolute Gasteiger partial charge is 0.453 e. The van der Waals surface area contributed by atoms with Crippen LogP contribution in [-0.2, 0) is 17.4 Å². The van der Waals surface area contributed by atoms with Crippen molar-refractivity contribution < 1.29 is 18.0 Å². The number of alkyl halides is 3. The van der Waals surface area contributed by atoms with E-state index in [0.29, 0.717) is 42.9 Å². The Morgan fingerprint density at radius 1 is 1.28 bits per heavy atom. The molecule has 3 N–H and O–H groups in total. The highest BCUT2D eigenvalue weighted by atomic mass is 35.5. The zero-order valence-corrected chi connectivity index (χ0v) is 14.7. The van der Waals surface area contributed by atoms with Crippen LogP contribution in [0.15, 0.2) is 0 Å². The number of halogens is 4. The van der Waals surface area contributed by atoms with Gasteiger partial charge in [0.2, 0.25) is 5.91 Å². The third-order valence-electron chi connectivity index (χ3n) is 3.61. The van der Waals surface area contributed by atoms with Crippen LogP contribution in [0.3, 0.4) is 0 Å². The summed E-state index contributed by atoms with van der Waals surface area (Å²) in [5.74, 6) is -1.47. The van der Waals surface area contributed by atoms with Crippen LogP contribution in [0.1, 0.15) is 35.6 Å². The summed E-state index contributed by atoms with van der Waals surface area (Å²) in [5, 5.41) is 6.21. The first-order valence-corrected chi connectivity index (χ1v) is 7.51. The van der Waals surface area contributed by atoms with Gasteiger partial charge in [-0.2, -0.15) is 18.2 Å². The maximum absolute atomic E-state index is 12.7. The summed E-state index contributed by atoms with van der Waals surface area (Å²) in [7, 11) is 0. The molecule has 7 nitrogen and oxygen atoms in total. The Hall–Kier alpha value is -1.94. The van der Waals surface area contributed by atoms with Gasteiger partial charge in [-0.1, -0.05) is 0 Å². The molecular formula is C14H20ClF3N6O. The van der Waals surface area contributed by atoms with Gasteiger partial charge in [0.15, 0.2) is 0 Å². The van der Waals surface area contributed by atoms with Crippen LogP contribution in [0.2, 0.25) is 0 Å². The molecule has 0 bridgehead atoms. The normalized spacial score (nSPS) is 11.4. The predicted molar refractivity (Wildman–Crippen MR) is 87.5 cm³/mol. The van der Waals surface area contributed by atoms with E-state index in [1.54, 1.807) is 13.8 Å². The molecule has 2 aromatic heterocycles. The Labute approximate surface area is 148 Å². The van der Waals surface area contributed by atoms with Crippen molar-refractivity contribution in [2.75, 3.05) is 13.1 Å². The first kappa shape index (κ1) is 21.1. The maximum atomic E-state index is 12.7. The minimum absolute atomic E-state index is 0. The third kappa shape index (κ3) is 5.02. The fourth-order valence-electron chi connectivity index (χ4n) is 2.35. The lowest BCUT2D eigenvalue weighted by atomic mass is 10.1. The van der Waals surface area contributed by atoms with Crippen LogP contribution in [0.25, 0.3) is 5.78 Å². The number of fused-ring (bicyclic) bond motifs is 1. The van der Waals surface area contributed by atoms with Gasteiger partial charge in [-0.3, -0.25) is 4.79 Å². The highest BCUT2D eigenvalue weighted by Gasteiger charge is 2.36. The van der Waals surface area contributed by atoms with Crippen LogP contribution >= 0.6 is 12.4 Å². The minimum Gasteiger partial charge on any atom is -0.356 e. The zero-order chi connectivity index (χ0) is 17.9. The second-order valence-corrected chi connectivity index (χ2v) is 5.40. The lowest BCUT2D eigenvalue weighted by Gasteiger charge is -2.10. The van der Waals surface area contributed by atoms with E-state index in [-0.39, 0.29) is 30.5 Å². The van der Waals surface area contributed by atoms with Crippen LogP contribution < -0.4 is 11.1 Å². The average molecular weight is 381 g/mol. The van der Waals surface area contributed by atoms with Crippen molar-refractivity contribution in [2.24, 2.45) is 5.73 Å². The molecule has 0 saturated heterocycles. The van der Waals surface area contributed by atoms with Gasteiger partial charge in [0, 0.05) is 24.4 Å². The molecule has 0 aromatic carbocycles. The van der Waals surface area contributed by atoms with Gasteiger partial charge in [-0.25, -0.2) is 9.50 Å². The Kier molecular flexibility index (Phi) is 7.12. The van der Waals surface area contributed by atoms with E-state index in [2.05, 4.69) is 20.4 Å². The van der Waals surface area contributed by atoms with Crippen LogP contribution in [0.5, 0.6) is 0 Å². The van der Waals surface area contributed by atoms with Crippen LogP contribution in [0, 0.1) is 13.8 Å². The van der Waals surface area contributed by atoms with Gasteiger partial charge in [-0.15, -0.1) is 17.5 Å². The Morgan fingerprint density at radius 2 is 1.96 bits per heavy atom. The molecule has 0 spiro atoms. The highest BCUT2D eigenvalue weighted by Crippen LogP contribution is 2.27. The standard InChI is InChI=1S/C14H19F3N6O.ClH/c1-8-10(4-5-11(24)19-7-3-6-18)9(2)23-13(20-8)21-12(22-23)14(15,16)17;/h3-7,18H2,1-2H3,(H,19,24);1H. The summed E-state index contributed by atoms with van der Waals surface area (Å²) in [4.78, 5) is 19.2. The van der Waals surface area contributed by atoms with Crippen molar-refractivity contribution in [1.82, 2.24) is 24.9 Å². The first-order chi connectivity index (χ1) is 11.2. The highest BCUT2D eigenvalue weighted by molar-refractivity contribution is 5.85. The molecule has 2 heterocycles. The maximum Gasteiger partial charge on any atom is 0.453 e. The molecular weight excluding hydrogens is 361 g/mol. The first-order valence-electron chi connectivity index (χ1n) is 7.51. The minimum atomic E-state index is -4.63. The summed E-state index contributed by atoms with van der Waals surface area (Å²) in [5.41, 5.74) is 7.07. The Morgan fingerprint density at radius 3 is 2.56 bits per heavy atom. The van der Waals surface area contributed by atoms with E-state index in [0.717, 1.165) is 4.52 Å². The lowest BCUT2D eigenvalue weighted by Crippen LogP contribution is -2.26. The van der Waals surface area contributed by atoms with Crippen molar-refractivity contribution in [3.05, 3.63) is 22.8 Å². The second-order valence-electron chi connectivity index (χ2n) is 5.40. The number of aryl methyl sites for hydroxylation is 2. The van der Waals surface area contributed by atoms with Gasteiger partial charge in [0.1, 0.15) is 0 Å². The summed E-state index contributed by atoms with van der Waals surface area (Å²) >= 11 is 0. The number of nitrogens with two attached hydrogens (primary N) is 1. The molecule has 2 rings (SSSR count). The fourth-order valence-corrected chi connectivity index (χ4v) is 2.35. The van der Waals surface area contributed by atoms with Crippen molar-refractivity contribution in [3.63, 3.8) is 0 Å². The second kappa shape index (κ2) is 8.43. The Bertz CT molecular complexity index is 746.